The molecule has 0 aliphatic carbocycles. The minimum absolute atomic E-state index is 0.519. The van der Waals surface area contributed by atoms with Crippen LogP contribution in [0.15, 0.2) is 12.1 Å². The molecule has 2 N–H and O–H groups in total. The van der Waals surface area contributed by atoms with Crippen LogP contribution >= 0.6 is 0 Å². The highest BCUT2D eigenvalue weighted by Crippen LogP contribution is 2.33. The van der Waals surface area contributed by atoms with Crippen molar-refractivity contribution in [2.75, 3.05) is 20.2 Å². The lowest BCUT2D eigenvalue weighted by molar-refractivity contribution is 0.0531. The highest BCUT2D eigenvalue weighted by molar-refractivity contribution is 5.46. The second-order valence-corrected chi connectivity index (χ2v) is 5.96. The van der Waals surface area contributed by atoms with Crippen molar-refractivity contribution in [2.24, 2.45) is 5.92 Å². The zero-order valence-corrected chi connectivity index (χ0v) is 13.0. The van der Waals surface area contributed by atoms with E-state index in [1.165, 1.54) is 0 Å². The summed E-state index contributed by atoms with van der Waals surface area (Å²) >= 11 is 0. The summed E-state index contributed by atoms with van der Waals surface area (Å²) < 4.78 is 5.43. The number of aryl methyl sites for hydroxylation is 2. The zero-order valence-electron chi connectivity index (χ0n) is 13.0. The number of benzene rings is 1. The maximum Gasteiger partial charge on any atom is 0.125 e. The third-order valence-corrected chi connectivity index (χ3v) is 3.22. The molecule has 108 valence electrons. The van der Waals surface area contributed by atoms with Crippen LogP contribution in [0.25, 0.3) is 0 Å². The van der Waals surface area contributed by atoms with E-state index in [0.29, 0.717) is 12.5 Å². The molecule has 1 rings (SSSR count). The number of hydrogen-bond donors (Lipinski definition) is 2. The van der Waals surface area contributed by atoms with E-state index in [-0.39, 0.29) is 0 Å². The Kier molecular flexibility index (Phi) is 5.39. The minimum atomic E-state index is -0.933. The molecule has 0 heterocycles. The molecule has 0 amide bonds. The van der Waals surface area contributed by atoms with Gasteiger partial charge in [0.2, 0.25) is 0 Å². The van der Waals surface area contributed by atoms with Crippen LogP contribution in [0.4, 0.5) is 0 Å². The summed E-state index contributed by atoms with van der Waals surface area (Å²) in [6.07, 6.45) is 0. The first-order valence-corrected chi connectivity index (χ1v) is 6.86. The standard InChI is InChI=1S/C16H27NO2/c1-11(2)9-17-10-16(5,18)15-13(4)7-12(3)8-14(15)19-6/h7-8,11,17-18H,9-10H2,1-6H3. The Labute approximate surface area is 117 Å². The first-order valence-electron chi connectivity index (χ1n) is 6.86. The van der Waals surface area contributed by atoms with Crippen molar-refractivity contribution >= 4 is 0 Å². The van der Waals surface area contributed by atoms with Crippen molar-refractivity contribution in [3.8, 4) is 5.75 Å². The van der Waals surface area contributed by atoms with Gasteiger partial charge in [-0.3, -0.25) is 0 Å². The second kappa shape index (κ2) is 6.40. The summed E-state index contributed by atoms with van der Waals surface area (Å²) in [5, 5.41) is 14.1. The van der Waals surface area contributed by atoms with Crippen LogP contribution in [0.5, 0.6) is 5.75 Å². The minimum Gasteiger partial charge on any atom is -0.496 e. The Hall–Kier alpha value is -1.06. The molecule has 0 aromatic heterocycles. The molecule has 0 fully saturated rings. The number of methoxy groups -OCH3 is 1. The van der Waals surface area contributed by atoms with Crippen LogP contribution in [-0.2, 0) is 5.60 Å². The summed E-state index contributed by atoms with van der Waals surface area (Å²) in [7, 11) is 1.65. The molecule has 1 aromatic carbocycles. The van der Waals surface area contributed by atoms with Crippen molar-refractivity contribution in [1.29, 1.82) is 0 Å². The van der Waals surface area contributed by atoms with Gasteiger partial charge in [-0.05, 0) is 50.4 Å². The van der Waals surface area contributed by atoms with Crippen molar-refractivity contribution in [1.82, 2.24) is 5.32 Å². The molecule has 0 saturated heterocycles. The number of rotatable bonds is 6. The van der Waals surface area contributed by atoms with Gasteiger partial charge in [-0.1, -0.05) is 19.9 Å². The van der Waals surface area contributed by atoms with Crippen molar-refractivity contribution < 1.29 is 9.84 Å². The van der Waals surface area contributed by atoms with Gasteiger partial charge in [-0.25, -0.2) is 0 Å². The molecule has 0 bridgehead atoms. The number of ether oxygens (including phenoxy) is 1. The fourth-order valence-corrected chi connectivity index (χ4v) is 2.47. The molecule has 3 nitrogen and oxygen atoms in total. The van der Waals surface area contributed by atoms with Gasteiger partial charge in [-0.2, -0.15) is 0 Å². The quantitative estimate of drug-likeness (QED) is 0.831. The van der Waals surface area contributed by atoms with Gasteiger partial charge in [0, 0.05) is 12.1 Å². The maximum absolute atomic E-state index is 10.7. The molecule has 0 aliphatic heterocycles. The predicted molar refractivity (Wildman–Crippen MR) is 79.7 cm³/mol. The van der Waals surface area contributed by atoms with Crippen molar-refractivity contribution in [3.63, 3.8) is 0 Å². The smallest absolute Gasteiger partial charge is 0.125 e. The van der Waals surface area contributed by atoms with E-state index in [1.54, 1.807) is 7.11 Å². The molecule has 0 aliphatic rings. The summed E-state index contributed by atoms with van der Waals surface area (Å²) in [6, 6.07) is 4.05. The SMILES string of the molecule is COc1cc(C)cc(C)c1C(C)(O)CNCC(C)C. The summed E-state index contributed by atoms with van der Waals surface area (Å²) in [4.78, 5) is 0. The van der Waals surface area contributed by atoms with Gasteiger partial charge < -0.3 is 15.2 Å². The first kappa shape index (κ1) is 16.0. The Morgan fingerprint density at radius 2 is 1.95 bits per heavy atom. The van der Waals surface area contributed by atoms with E-state index in [4.69, 9.17) is 4.74 Å². The number of aliphatic hydroxyl groups is 1. The summed E-state index contributed by atoms with van der Waals surface area (Å²) in [5.74, 6) is 1.32. The average Bonchev–Trinajstić information content (AvgIpc) is 2.26. The van der Waals surface area contributed by atoms with E-state index in [0.717, 1.165) is 29.0 Å². The second-order valence-electron chi connectivity index (χ2n) is 5.96. The van der Waals surface area contributed by atoms with E-state index in [1.807, 2.05) is 26.8 Å². The Bertz CT molecular complexity index is 425. The van der Waals surface area contributed by atoms with Crippen LogP contribution in [0.2, 0.25) is 0 Å². The molecule has 1 unspecified atom stereocenters. The van der Waals surface area contributed by atoms with E-state index in [9.17, 15) is 5.11 Å². The highest BCUT2D eigenvalue weighted by Gasteiger charge is 2.28. The molecule has 3 heteroatoms. The van der Waals surface area contributed by atoms with E-state index >= 15 is 0 Å². The van der Waals surface area contributed by atoms with Crippen molar-refractivity contribution in [2.45, 2.75) is 40.2 Å². The molecule has 0 spiro atoms. The Morgan fingerprint density at radius 3 is 2.47 bits per heavy atom. The fourth-order valence-electron chi connectivity index (χ4n) is 2.47. The van der Waals surface area contributed by atoms with Gasteiger partial charge in [0.15, 0.2) is 0 Å². The lowest BCUT2D eigenvalue weighted by Crippen LogP contribution is -2.37. The van der Waals surface area contributed by atoms with Gasteiger partial charge in [0.1, 0.15) is 11.4 Å². The lowest BCUT2D eigenvalue weighted by Gasteiger charge is -2.28. The van der Waals surface area contributed by atoms with Gasteiger partial charge in [-0.15, -0.1) is 0 Å². The molecule has 0 saturated carbocycles. The molecule has 0 radical (unpaired) electrons. The molecule has 19 heavy (non-hydrogen) atoms. The third-order valence-electron chi connectivity index (χ3n) is 3.22. The fraction of sp³-hybridized carbons (Fsp3) is 0.625. The molecule has 1 atom stereocenters. The van der Waals surface area contributed by atoms with Crippen LogP contribution in [-0.4, -0.2) is 25.3 Å². The van der Waals surface area contributed by atoms with Crippen LogP contribution < -0.4 is 10.1 Å². The molecular formula is C16H27NO2. The normalized spacial score (nSPS) is 14.5. The monoisotopic (exact) mass is 265 g/mol. The summed E-state index contributed by atoms with van der Waals surface area (Å²) in [6.45, 7) is 11.6. The number of hydrogen-bond acceptors (Lipinski definition) is 3. The topological polar surface area (TPSA) is 41.5 Å². The average molecular weight is 265 g/mol. The largest absolute Gasteiger partial charge is 0.496 e. The molecular weight excluding hydrogens is 238 g/mol. The number of nitrogens with one attached hydrogen (secondary N) is 1. The lowest BCUT2D eigenvalue weighted by atomic mass is 9.89. The van der Waals surface area contributed by atoms with E-state index < -0.39 is 5.60 Å². The summed E-state index contributed by atoms with van der Waals surface area (Å²) in [5.41, 5.74) is 2.15. The third kappa shape index (κ3) is 4.22. The zero-order chi connectivity index (χ0) is 14.6. The van der Waals surface area contributed by atoms with Gasteiger partial charge in [0.05, 0.1) is 7.11 Å². The highest BCUT2D eigenvalue weighted by atomic mass is 16.5. The Balaban J connectivity index is 2.99. The van der Waals surface area contributed by atoms with Crippen molar-refractivity contribution in [3.05, 3.63) is 28.8 Å². The molecule has 1 aromatic rings. The van der Waals surface area contributed by atoms with Gasteiger partial charge >= 0.3 is 0 Å². The van der Waals surface area contributed by atoms with Crippen LogP contribution in [0.1, 0.15) is 37.5 Å². The van der Waals surface area contributed by atoms with Gasteiger partial charge in [0.25, 0.3) is 0 Å². The van der Waals surface area contributed by atoms with Crippen LogP contribution in [0, 0.1) is 19.8 Å². The maximum atomic E-state index is 10.7. The predicted octanol–water partition coefficient (Wildman–Crippen LogP) is 2.77. The first-order chi connectivity index (χ1) is 8.77. The Morgan fingerprint density at radius 1 is 1.32 bits per heavy atom. The van der Waals surface area contributed by atoms with Crippen LogP contribution in [0.3, 0.4) is 0 Å². The van der Waals surface area contributed by atoms with E-state index in [2.05, 4.69) is 25.2 Å².